The molecule has 2 heterocycles. The molecular weight excluding hydrogens is 242 g/mol. The fourth-order valence-electron chi connectivity index (χ4n) is 2.82. The monoisotopic (exact) mass is 259 g/mol. The summed E-state index contributed by atoms with van der Waals surface area (Å²) in [7, 11) is 0. The Hall–Kier alpha value is -1.68. The fraction of sp³-hybridized carbons (Fsp3) is 0.467. The summed E-state index contributed by atoms with van der Waals surface area (Å²) < 4.78 is 5.74. The second-order valence-electron chi connectivity index (χ2n) is 5.41. The molecule has 0 radical (unpaired) electrons. The van der Waals surface area contributed by atoms with Gasteiger partial charge in [0.25, 0.3) is 11.7 Å². The first-order valence-electron chi connectivity index (χ1n) is 6.68. The van der Waals surface area contributed by atoms with Crippen LogP contribution in [0.3, 0.4) is 0 Å². The first-order chi connectivity index (χ1) is 9.06. The van der Waals surface area contributed by atoms with Crippen molar-refractivity contribution in [2.75, 3.05) is 11.4 Å². The number of nitrogens with zero attached hydrogens (tertiary/aromatic N) is 1. The third-order valence-electron chi connectivity index (χ3n) is 3.83. The summed E-state index contributed by atoms with van der Waals surface area (Å²) in [6, 6.07) is 5.56. The van der Waals surface area contributed by atoms with E-state index in [9.17, 15) is 9.59 Å². The van der Waals surface area contributed by atoms with Crippen LogP contribution in [0.15, 0.2) is 18.2 Å². The van der Waals surface area contributed by atoms with Gasteiger partial charge in [0.2, 0.25) is 0 Å². The molecule has 1 aromatic rings. The van der Waals surface area contributed by atoms with Gasteiger partial charge in [-0.25, -0.2) is 0 Å². The largest absolute Gasteiger partial charge is 0.373 e. The summed E-state index contributed by atoms with van der Waals surface area (Å²) in [6.07, 6.45) is 2.25. The molecule has 2 unspecified atom stereocenters. The number of amides is 1. The number of hydrogen-bond acceptors (Lipinski definition) is 3. The van der Waals surface area contributed by atoms with Gasteiger partial charge in [0.05, 0.1) is 30.0 Å². The van der Waals surface area contributed by atoms with E-state index < -0.39 is 11.7 Å². The highest BCUT2D eigenvalue weighted by molar-refractivity contribution is 6.52. The molecular formula is C15H17NO3. The summed E-state index contributed by atoms with van der Waals surface area (Å²) in [5.41, 5.74) is 2.24. The molecule has 2 atom stereocenters. The van der Waals surface area contributed by atoms with Gasteiger partial charge in [-0.05, 0) is 38.8 Å². The Balaban J connectivity index is 1.87. The van der Waals surface area contributed by atoms with Gasteiger partial charge >= 0.3 is 0 Å². The molecule has 0 spiro atoms. The second-order valence-corrected chi connectivity index (χ2v) is 5.41. The highest BCUT2D eigenvalue weighted by Gasteiger charge is 2.38. The maximum Gasteiger partial charge on any atom is 0.299 e. The number of aryl methyl sites for hydroxylation is 1. The minimum Gasteiger partial charge on any atom is -0.373 e. The van der Waals surface area contributed by atoms with Gasteiger partial charge in [-0.2, -0.15) is 0 Å². The van der Waals surface area contributed by atoms with Crippen molar-refractivity contribution < 1.29 is 14.3 Å². The van der Waals surface area contributed by atoms with Crippen molar-refractivity contribution in [1.82, 2.24) is 0 Å². The Bertz CT molecular complexity index is 552. The topological polar surface area (TPSA) is 46.6 Å². The van der Waals surface area contributed by atoms with Gasteiger partial charge < -0.3 is 9.64 Å². The molecule has 4 nitrogen and oxygen atoms in total. The van der Waals surface area contributed by atoms with Crippen molar-refractivity contribution in [3.8, 4) is 0 Å². The van der Waals surface area contributed by atoms with Gasteiger partial charge in [-0.3, -0.25) is 9.59 Å². The van der Waals surface area contributed by atoms with Gasteiger partial charge in [0.1, 0.15) is 0 Å². The molecule has 0 aromatic heterocycles. The first kappa shape index (κ1) is 12.4. The van der Waals surface area contributed by atoms with Crippen LogP contribution in [-0.4, -0.2) is 30.4 Å². The molecule has 1 aromatic carbocycles. The third kappa shape index (κ3) is 2.06. The summed E-state index contributed by atoms with van der Waals surface area (Å²) >= 11 is 0. The van der Waals surface area contributed by atoms with E-state index in [0.717, 1.165) is 24.1 Å². The van der Waals surface area contributed by atoms with Crippen LogP contribution in [0, 0.1) is 6.92 Å². The summed E-state index contributed by atoms with van der Waals surface area (Å²) in [6.45, 7) is 4.43. The number of benzene rings is 1. The Labute approximate surface area is 112 Å². The van der Waals surface area contributed by atoms with Crippen LogP contribution in [0.25, 0.3) is 0 Å². The molecule has 0 saturated carbocycles. The minimum atomic E-state index is -0.427. The SMILES string of the molecule is Cc1ccc2c(c1)C(=O)C(=O)N2CC1CCC(C)O1. The molecule has 4 heteroatoms. The van der Waals surface area contributed by atoms with Crippen LogP contribution in [0.1, 0.15) is 35.7 Å². The number of carbonyl (C=O) groups excluding carboxylic acids is 2. The average molecular weight is 259 g/mol. The quantitative estimate of drug-likeness (QED) is 0.764. The number of ketones is 1. The Morgan fingerprint density at radius 3 is 2.79 bits per heavy atom. The lowest BCUT2D eigenvalue weighted by Crippen LogP contribution is -2.36. The normalized spacial score (nSPS) is 26.1. The van der Waals surface area contributed by atoms with Crippen LogP contribution < -0.4 is 4.90 Å². The molecule has 1 saturated heterocycles. The minimum absolute atomic E-state index is 0.0407. The maximum absolute atomic E-state index is 12.1. The van der Waals surface area contributed by atoms with E-state index in [-0.39, 0.29) is 12.2 Å². The molecule has 1 fully saturated rings. The number of ether oxygens (including phenoxy) is 1. The number of carbonyl (C=O) groups is 2. The van der Waals surface area contributed by atoms with Gasteiger partial charge in [0, 0.05) is 0 Å². The van der Waals surface area contributed by atoms with E-state index >= 15 is 0 Å². The summed E-state index contributed by atoms with van der Waals surface area (Å²) in [5, 5.41) is 0. The van der Waals surface area contributed by atoms with Crippen LogP contribution >= 0.6 is 0 Å². The van der Waals surface area contributed by atoms with E-state index in [1.165, 1.54) is 0 Å². The van der Waals surface area contributed by atoms with Crippen LogP contribution in [0.2, 0.25) is 0 Å². The molecule has 19 heavy (non-hydrogen) atoms. The van der Waals surface area contributed by atoms with E-state index in [2.05, 4.69) is 0 Å². The van der Waals surface area contributed by atoms with Gasteiger partial charge in [-0.15, -0.1) is 0 Å². The highest BCUT2D eigenvalue weighted by atomic mass is 16.5. The van der Waals surface area contributed by atoms with Gasteiger partial charge in [-0.1, -0.05) is 11.6 Å². The van der Waals surface area contributed by atoms with E-state index in [0.29, 0.717) is 12.1 Å². The molecule has 0 aliphatic carbocycles. The lowest BCUT2D eigenvalue weighted by molar-refractivity contribution is -0.114. The van der Waals surface area contributed by atoms with Crippen molar-refractivity contribution in [2.45, 2.75) is 38.9 Å². The van der Waals surface area contributed by atoms with Crippen LogP contribution in [0.4, 0.5) is 5.69 Å². The molecule has 1 amide bonds. The van der Waals surface area contributed by atoms with Crippen molar-refractivity contribution in [1.29, 1.82) is 0 Å². The molecule has 3 rings (SSSR count). The third-order valence-corrected chi connectivity index (χ3v) is 3.83. The maximum atomic E-state index is 12.1. The van der Waals surface area contributed by atoms with Crippen LogP contribution in [0.5, 0.6) is 0 Å². The molecule has 100 valence electrons. The van der Waals surface area contributed by atoms with Crippen molar-refractivity contribution >= 4 is 17.4 Å². The lowest BCUT2D eigenvalue weighted by atomic mass is 10.1. The van der Waals surface area contributed by atoms with Crippen molar-refractivity contribution in [2.24, 2.45) is 0 Å². The average Bonchev–Trinajstić information content (AvgIpc) is 2.88. The van der Waals surface area contributed by atoms with Gasteiger partial charge in [0.15, 0.2) is 0 Å². The lowest BCUT2D eigenvalue weighted by Gasteiger charge is -2.20. The van der Waals surface area contributed by atoms with E-state index in [1.54, 1.807) is 11.0 Å². The zero-order chi connectivity index (χ0) is 13.6. The highest BCUT2D eigenvalue weighted by Crippen LogP contribution is 2.31. The number of anilines is 1. The molecule has 2 aliphatic heterocycles. The predicted octanol–water partition coefficient (Wildman–Crippen LogP) is 2.09. The second kappa shape index (κ2) is 4.46. The van der Waals surface area contributed by atoms with E-state index in [4.69, 9.17) is 4.74 Å². The Morgan fingerprint density at radius 2 is 2.11 bits per heavy atom. The first-order valence-corrected chi connectivity index (χ1v) is 6.68. The Kier molecular flexibility index (Phi) is 2.90. The molecule has 0 N–H and O–H groups in total. The van der Waals surface area contributed by atoms with Crippen molar-refractivity contribution in [3.05, 3.63) is 29.3 Å². The Morgan fingerprint density at radius 1 is 1.32 bits per heavy atom. The number of Topliss-reactive ketones (excluding diaryl/α,β-unsaturated/α-hetero) is 1. The number of rotatable bonds is 2. The standard InChI is InChI=1S/C15H17NO3/c1-9-3-6-13-12(7-9)14(17)15(18)16(13)8-11-5-4-10(2)19-11/h3,6-7,10-11H,4-5,8H2,1-2H3. The summed E-state index contributed by atoms with van der Waals surface area (Å²) in [4.78, 5) is 25.6. The summed E-state index contributed by atoms with van der Waals surface area (Å²) in [5.74, 6) is -0.825. The predicted molar refractivity (Wildman–Crippen MR) is 71.4 cm³/mol. The zero-order valence-corrected chi connectivity index (χ0v) is 11.2. The fourth-order valence-corrected chi connectivity index (χ4v) is 2.82. The number of fused-ring (bicyclic) bond motifs is 1. The van der Waals surface area contributed by atoms with E-state index in [1.807, 2.05) is 26.0 Å². The smallest absolute Gasteiger partial charge is 0.299 e. The zero-order valence-electron chi connectivity index (χ0n) is 11.2. The van der Waals surface area contributed by atoms with Crippen LogP contribution in [-0.2, 0) is 9.53 Å². The van der Waals surface area contributed by atoms with Crippen molar-refractivity contribution in [3.63, 3.8) is 0 Å². The molecule has 2 aliphatic rings. The molecule has 0 bridgehead atoms. The number of hydrogen-bond donors (Lipinski definition) is 0.